The van der Waals surface area contributed by atoms with Gasteiger partial charge in [0.1, 0.15) is 0 Å². The van der Waals surface area contributed by atoms with E-state index in [1.807, 2.05) is 11.3 Å². The van der Waals surface area contributed by atoms with E-state index in [1.54, 1.807) is 0 Å². The van der Waals surface area contributed by atoms with E-state index in [2.05, 4.69) is 39.6 Å². The quantitative estimate of drug-likeness (QED) is 0.684. The Kier molecular flexibility index (Phi) is 2.57. The number of hydrogen-bond acceptors (Lipinski definition) is 2. The van der Waals surface area contributed by atoms with Crippen LogP contribution in [0.4, 0.5) is 0 Å². The van der Waals surface area contributed by atoms with Crippen LogP contribution in [0.5, 0.6) is 0 Å². The van der Waals surface area contributed by atoms with Crippen LogP contribution in [-0.4, -0.2) is 4.98 Å². The van der Waals surface area contributed by atoms with Crippen LogP contribution >= 0.6 is 11.3 Å². The minimum atomic E-state index is 0.302. The minimum absolute atomic E-state index is 0.302. The molecule has 0 aliphatic carbocycles. The lowest BCUT2D eigenvalue weighted by atomic mass is 9.88. The molecule has 0 spiro atoms. The SMILES string of the molecule is CCC(C)(C)c1sc(C)nc1C. The first-order valence-electron chi connectivity index (χ1n) is 4.42. The fraction of sp³-hybridized carbons (Fsp3) is 0.700. The first kappa shape index (κ1) is 9.72. The van der Waals surface area contributed by atoms with Crippen LogP contribution in [0.15, 0.2) is 0 Å². The molecular weight excluding hydrogens is 166 g/mol. The van der Waals surface area contributed by atoms with Gasteiger partial charge in [-0.15, -0.1) is 11.3 Å². The first-order chi connectivity index (χ1) is 5.47. The molecule has 1 aromatic heterocycles. The van der Waals surface area contributed by atoms with Crippen molar-refractivity contribution in [3.05, 3.63) is 15.6 Å². The summed E-state index contributed by atoms with van der Waals surface area (Å²) in [5.74, 6) is 0. The number of nitrogens with zero attached hydrogens (tertiary/aromatic N) is 1. The second kappa shape index (κ2) is 3.17. The number of aromatic nitrogens is 1. The minimum Gasteiger partial charge on any atom is -0.247 e. The van der Waals surface area contributed by atoms with Gasteiger partial charge in [-0.25, -0.2) is 4.98 Å². The lowest BCUT2D eigenvalue weighted by Crippen LogP contribution is -2.14. The van der Waals surface area contributed by atoms with Gasteiger partial charge in [-0.2, -0.15) is 0 Å². The number of hydrogen-bond donors (Lipinski definition) is 0. The zero-order valence-corrected chi connectivity index (χ0v) is 9.38. The average molecular weight is 183 g/mol. The summed E-state index contributed by atoms with van der Waals surface area (Å²) in [5.41, 5.74) is 1.51. The van der Waals surface area contributed by atoms with Gasteiger partial charge in [-0.3, -0.25) is 0 Å². The molecule has 1 heterocycles. The fourth-order valence-electron chi connectivity index (χ4n) is 1.32. The Balaban J connectivity index is 3.09. The molecule has 1 rings (SSSR count). The maximum atomic E-state index is 4.44. The Morgan fingerprint density at radius 2 is 1.92 bits per heavy atom. The molecule has 0 atom stereocenters. The standard InChI is InChI=1S/C10H17NS/c1-6-10(4,5)9-7(2)11-8(3)12-9/h6H2,1-5H3. The lowest BCUT2D eigenvalue weighted by Gasteiger charge is -2.21. The summed E-state index contributed by atoms with van der Waals surface area (Å²) in [6.07, 6.45) is 1.18. The fourth-order valence-corrected chi connectivity index (χ4v) is 2.41. The Hall–Kier alpha value is -0.370. The molecule has 0 amide bonds. The summed E-state index contributed by atoms with van der Waals surface area (Å²) in [6.45, 7) is 11.0. The van der Waals surface area contributed by atoms with Crippen molar-refractivity contribution in [1.29, 1.82) is 0 Å². The summed E-state index contributed by atoms with van der Waals surface area (Å²) >= 11 is 1.83. The average Bonchev–Trinajstić information content (AvgIpc) is 2.31. The van der Waals surface area contributed by atoms with Gasteiger partial charge in [0.05, 0.1) is 10.7 Å². The van der Waals surface area contributed by atoms with Crippen molar-refractivity contribution in [2.75, 3.05) is 0 Å². The van der Waals surface area contributed by atoms with E-state index in [1.165, 1.54) is 22.0 Å². The van der Waals surface area contributed by atoms with Crippen LogP contribution < -0.4 is 0 Å². The maximum absolute atomic E-state index is 4.44. The Morgan fingerprint density at radius 3 is 2.25 bits per heavy atom. The molecule has 0 N–H and O–H groups in total. The zero-order valence-electron chi connectivity index (χ0n) is 8.56. The summed E-state index contributed by atoms with van der Waals surface area (Å²) in [4.78, 5) is 5.89. The van der Waals surface area contributed by atoms with E-state index in [9.17, 15) is 0 Å². The van der Waals surface area contributed by atoms with Crippen LogP contribution in [0.3, 0.4) is 0 Å². The highest BCUT2D eigenvalue weighted by molar-refractivity contribution is 7.11. The molecule has 0 saturated carbocycles. The second-order valence-corrected chi connectivity index (χ2v) is 5.09. The van der Waals surface area contributed by atoms with Crippen molar-refractivity contribution in [1.82, 2.24) is 4.98 Å². The van der Waals surface area contributed by atoms with Crippen LogP contribution in [0, 0.1) is 13.8 Å². The molecule has 0 aliphatic heterocycles. The van der Waals surface area contributed by atoms with Gasteiger partial charge in [0.15, 0.2) is 0 Å². The van der Waals surface area contributed by atoms with E-state index in [0.717, 1.165) is 0 Å². The lowest BCUT2D eigenvalue weighted by molar-refractivity contribution is 0.513. The monoisotopic (exact) mass is 183 g/mol. The van der Waals surface area contributed by atoms with E-state index in [4.69, 9.17) is 0 Å². The summed E-state index contributed by atoms with van der Waals surface area (Å²) in [5, 5.41) is 1.18. The number of aryl methyl sites for hydroxylation is 2. The molecule has 1 nitrogen and oxygen atoms in total. The largest absolute Gasteiger partial charge is 0.247 e. The predicted molar refractivity (Wildman–Crippen MR) is 54.9 cm³/mol. The van der Waals surface area contributed by atoms with Gasteiger partial charge in [-0.1, -0.05) is 20.8 Å². The second-order valence-electron chi connectivity index (χ2n) is 3.88. The van der Waals surface area contributed by atoms with Gasteiger partial charge in [-0.05, 0) is 20.3 Å². The van der Waals surface area contributed by atoms with Gasteiger partial charge >= 0.3 is 0 Å². The third-order valence-electron chi connectivity index (χ3n) is 2.40. The van der Waals surface area contributed by atoms with Crippen LogP contribution in [-0.2, 0) is 5.41 Å². The third kappa shape index (κ3) is 1.69. The summed E-state index contributed by atoms with van der Waals surface area (Å²) < 4.78 is 0. The van der Waals surface area contributed by atoms with E-state index in [0.29, 0.717) is 5.41 Å². The van der Waals surface area contributed by atoms with E-state index < -0.39 is 0 Å². The van der Waals surface area contributed by atoms with Crippen LogP contribution in [0.2, 0.25) is 0 Å². The molecule has 0 bridgehead atoms. The van der Waals surface area contributed by atoms with Crippen molar-refractivity contribution in [2.24, 2.45) is 0 Å². The van der Waals surface area contributed by atoms with Gasteiger partial charge < -0.3 is 0 Å². The highest BCUT2D eigenvalue weighted by atomic mass is 32.1. The molecule has 12 heavy (non-hydrogen) atoms. The third-order valence-corrected chi connectivity index (χ3v) is 3.84. The molecule has 0 aromatic carbocycles. The van der Waals surface area contributed by atoms with Crippen molar-refractivity contribution in [3.8, 4) is 0 Å². The van der Waals surface area contributed by atoms with Gasteiger partial charge in [0.25, 0.3) is 0 Å². The van der Waals surface area contributed by atoms with Crippen LogP contribution in [0.25, 0.3) is 0 Å². The molecule has 2 heteroatoms. The Morgan fingerprint density at radius 1 is 1.33 bits per heavy atom. The first-order valence-corrected chi connectivity index (χ1v) is 5.23. The van der Waals surface area contributed by atoms with Crippen molar-refractivity contribution in [3.63, 3.8) is 0 Å². The molecule has 0 saturated heterocycles. The zero-order chi connectivity index (χ0) is 9.35. The van der Waals surface area contributed by atoms with E-state index >= 15 is 0 Å². The molecule has 0 aliphatic rings. The van der Waals surface area contributed by atoms with Crippen molar-refractivity contribution in [2.45, 2.75) is 46.5 Å². The Bertz CT molecular complexity index is 273. The number of rotatable bonds is 2. The Labute approximate surface area is 78.8 Å². The molecular formula is C10H17NS. The van der Waals surface area contributed by atoms with Crippen LogP contribution in [0.1, 0.15) is 42.8 Å². The highest BCUT2D eigenvalue weighted by Gasteiger charge is 2.22. The normalized spacial score (nSPS) is 12.1. The molecule has 1 aromatic rings. The maximum Gasteiger partial charge on any atom is 0.0900 e. The topological polar surface area (TPSA) is 12.9 Å². The predicted octanol–water partition coefficient (Wildman–Crippen LogP) is 3.45. The van der Waals surface area contributed by atoms with E-state index in [-0.39, 0.29) is 0 Å². The number of thiazole rings is 1. The summed E-state index contributed by atoms with van der Waals surface area (Å²) in [6, 6.07) is 0. The van der Waals surface area contributed by atoms with Crippen molar-refractivity contribution < 1.29 is 0 Å². The smallest absolute Gasteiger partial charge is 0.0900 e. The summed E-state index contributed by atoms with van der Waals surface area (Å²) in [7, 11) is 0. The molecule has 0 radical (unpaired) electrons. The highest BCUT2D eigenvalue weighted by Crippen LogP contribution is 2.33. The molecule has 0 unspecified atom stereocenters. The molecule has 68 valence electrons. The van der Waals surface area contributed by atoms with Gasteiger partial charge in [0.2, 0.25) is 0 Å². The molecule has 0 fully saturated rings. The van der Waals surface area contributed by atoms with Gasteiger partial charge in [0, 0.05) is 10.3 Å². The van der Waals surface area contributed by atoms with Crippen molar-refractivity contribution >= 4 is 11.3 Å².